The van der Waals surface area contributed by atoms with Gasteiger partial charge in [0.15, 0.2) is 0 Å². The first-order chi connectivity index (χ1) is 3.93. The van der Waals surface area contributed by atoms with E-state index in [2.05, 4.69) is 11.9 Å². The molecule has 1 atom stereocenters. The van der Waals surface area contributed by atoms with Crippen LogP contribution in [0.15, 0.2) is 0 Å². The summed E-state index contributed by atoms with van der Waals surface area (Å²) in [6, 6.07) is 0.559. The van der Waals surface area contributed by atoms with E-state index in [0.29, 0.717) is 6.04 Å². The van der Waals surface area contributed by atoms with Gasteiger partial charge in [-0.1, -0.05) is 6.42 Å². The third kappa shape index (κ3) is 1.46. The van der Waals surface area contributed by atoms with Crippen LogP contribution in [0.1, 0.15) is 19.3 Å². The number of rotatable bonds is 1. The van der Waals surface area contributed by atoms with Crippen molar-refractivity contribution in [2.75, 3.05) is 6.54 Å². The number of hydrogen-bond donors (Lipinski definition) is 2. The van der Waals surface area contributed by atoms with Crippen LogP contribution in [0.3, 0.4) is 0 Å². The van der Waals surface area contributed by atoms with Crippen LogP contribution in [-0.2, 0) is 0 Å². The van der Waals surface area contributed by atoms with Gasteiger partial charge in [-0.15, -0.1) is 0 Å². The molecule has 0 aromatic heterocycles. The monoisotopic (exact) mass is 113 g/mol. The summed E-state index contributed by atoms with van der Waals surface area (Å²) in [5.74, 6) is 0. The Morgan fingerprint density at radius 3 is 3.00 bits per heavy atom. The zero-order chi connectivity index (χ0) is 5.82. The summed E-state index contributed by atoms with van der Waals surface area (Å²) in [5, 5.41) is 3.22. The summed E-state index contributed by atoms with van der Waals surface area (Å²) >= 11 is 0. The molecule has 1 fully saturated rings. The molecule has 2 heteroatoms. The summed E-state index contributed by atoms with van der Waals surface area (Å²) in [4.78, 5) is 0. The van der Waals surface area contributed by atoms with Gasteiger partial charge in [-0.05, 0) is 12.8 Å². The minimum atomic E-state index is 0.559. The highest BCUT2D eigenvalue weighted by Gasteiger charge is 2.08. The average molecular weight is 113 g/mol. The molecule has 47 valence electrons. The fourth-order valence-electron chi connectivity index (χ4n) is 0.986. The molecule has 3 N–H and O–H groups in total. The molecule has 0 saturated carbocycles. The molecule has 0 aromatic carbocycles. The van der Waals surface area contributed by atoms with Crippen molar-refractivity contribution in [2.24, 2.45) is 5.73 Å². The highest BCUT2D eigenvalue weighted by atomic mass is 14.9. The van der Waals surface area contributed by atoms with Gasteiger partial charge in [0.1, 0.15) is 0 Å². The quantitative estimate of drug-likeness (QED) is 0.511. The van der Waals surface area contributed by atoms with Crippen molar-refractivity contribution in [2.45, 2.75) is 25.3 Å². The number of hydrogen-bond acceptors (Lipinski definition) is 2. The van der Waals surface area contributed by atoms with Crippen LogP contribution in [0.25, 0.3) is 0 Å². The van der Waals surface area contributed by atoms with Crippen molar-refractivity contribution in [1.29, 1.82) is 0 Å². The number of nitrogens with two attached hydrogens (primary N) is 1. The predicted octanol–water partition coefficient (Wildman–Crippen LogP) is 0.249. The molecule has 0 bridgehead atoms. The summed E-state index contributed by atoms with van der Waals surface area (Å²) < 4.78 is 0. The Morgan fingerprint density at radius 2 is 2.62 bits per heavy atom. The third-order valence-electron chi connectivity index (χ3n) is 1.54. The predicted molar refractivity (Wildman–Crippen MR) is 34.1 cm³/mol. The Kier molecular flexibility index (Phi) is 2.30. The van der Waals surface area contributed by atoms with Crippen LogP contribution in [-0.4, -0.2) is 12.6 Å². The van der Waals surface area contributed by atoms with E-state index < -0.39 is 0 Å². The molecule has 1 radical (unpaired) electrons. The Morgan fingerprint density at radius 1 is 1.75 bits per heavy atom. The van der Waals surface area contributed by atoms with Crippen LogP contribution in [0.2, 0.25) is 0 Å². The Labute approximate surface area is 50.4 Å². The lowest BCUT2D eigenvalue weighted by Crippen LogP contribution is -2.36. The molecule has 0 aromatic rings. The van der Waals surface area contributed by atoms with Gasteiger partial charge in [-0.3, -0.25) is 0 Å². The van der Waals surface area contributed by atoms with Crippen LogP contribution in [0.5, 0.6) is 0 Å². The van der Waals surface area contributed by atoms with Crippen molar-refractivity contribution in [3.05, 3.63) is 6.54 Å². The molecular weight excluding hydrogens is 100 g/mol. The highest BCUT2D eigenvalue weighted by molar-refractivity contribution is 4.78. The Hall–Kier alpha value is -0.0800. The zero-order valence-electron chi connectivity index (χ0n) is 5.06. The van der Waals surface area contributed by atoms with E-state index in [9.17, 15) is 0 Å². The lowest BCUT2D eigenvalue weighted by Gasteiger charge is -2.20. The normalized spacial score (nSPS) is 30.4. The molecule has 2 nitrogen and oxygen atoms in total. The van der Waals surface area contributed by atoms with Crippen LogP contribution in [0, 0.1) is 6.54 Å². The molecule has 0 aliphatic carbocycles. The van der Waals surface area contributed by atoms with Crippen LogP contribution < -0.4 is 11.1 Å². The second-order valence-corrected chi connectivity index (χ2v) is 2.23. The van der Waals surface area contributed by atoms with Crippen LogP contribution >= 0.6 is 0 Å². The van der Waals surface area contributed by atoms with Crippen molar-refractivity contribution >= 4 is 0 Å². The lowest BCUT2D eigenvalue weighted by molar-refractivity contribution is 0.450. The number of nitrogens with one attached hydrogen (secondary N) is 1. The van der Waals surface area contributed by atoms with Gasteiger partial charge >= 0.3 is 0 Å². The van der Waals surface area contributed by atoms with E-state index in [1.54, 1.807) is 0 Å². The first-order valence-electron chi connectivity index (χ1n) is 3.21. The van der Waals surface area contributed by atoms with E-state index in [4.69, 9.17) is 5.73 Å². The summed E-state index contributed by atoms with van der Waals surface area (Å²) in [6.07, 6.45) is 3.75. The molecular formula is C6H13N2. The van der Waals surface area contributed by atoms with Crippen LogP contribution in [0.4, 0.5) is 0 Å². The SMILES string of the molecule is NCC1CCC[CH]N1. The van der Waals surface area contributed by atoms with E-state index in [-0.39, 0.29) is 0 Å². The lowest BCUT2D eigenvalue weighted by atomic mass is 10.1. The van der Waals surface area contributed by atoms with Crippen molar-refractivity contribution < 1.29 is 0 Å². The summed E-state index contributed by atoms with van der Waals surface area (Å²) in [5.41, 5.74) is 5.42. The van der Waals surface area contributed by atoms with E-state index >= 15 is 0 Å². The average Bonchev–Trinajstić information content (AvgIpc) is 1.90. The minimum absolute atomic E-state index is 0.559. The molecule has 1 heterocycles. The summed E-state index contributed by atoms with van der Waals surface area (Å²) in [7, 11) is 0. The Bertz CT molecular complexity index is 57.5. The van der Waals surface area contributed by atoms with Gasteiger partial charge in [0, 0.05) is 19.1 Å². The maximum absolute atomic E-state index is 5.42. The van der Waals surface area contributed by atoms with Gasteiger partial charge in [0.2, 0.25) is 0 Å². The van der Waals surface area contributed by atoms with Gasteiger partial charge in [0.05, 0.1) is 0 Å². The van der Waals surface area contributed by atoms with E-state index in [1.165, 1.54) is 19.3 Å². The maximum atomic E-state index is 5.42. The molecule has 1 aliphatic heterocycles. The highest BCUT2D eigenvalue weighted by Crippen LogP contribution is 2.07. The molecule has 1 saturated heterocycles. The van der Waals surface area contributed by atoms with Crippen molar-refractivity contribution in [3.63, 3.8) is 0 Å². The topological polar surface area (TPSA) is 38.0 Å². The molecule has 1 rings (SSSR count). The Balaban J connectivity index is 2.13. The minimum Gasteiger partial charge on any atom is -0.329 e. The largest absolute Gasteiger partial charge is 0.329 e. The molecule has 8 heavy (non-hydrogen) atoms. The second-order valence-electron chi connectivity index (χ2n) is 2.23. The van der Waals surface area contributed by atoms with Crippen molar-refractivity contribution in [1.82, 2.24) is 5.32 Å². The van der Waals surface area contributed by atoms with E-state index in [1.807, 2.05) is 0 Å². The van der Waals surface area contributed by atoms with Crippen molar-refractivity contribution in [3.8, 4) is 0 Å². The maximum Gasteiger partial charge on any atom is 0.0224 e. The first kappa shape index (κ1) is 6.05. The van der Waals surface area contributed by atoms with Gasteiger partial charge < -0.3 is 11.1 Å². The standard InChI is InChI=1S/C6H13N2/c7-5-6-3-1-2-4-8-6/h4,6,8H,1-3,5,7H2. The second kappa shape index (κ2) is 3.05. The summed E-state index contributed by atoms with van der Waals surface area (Å²) in [6.45, 7) is 2.89. The van der Waals surface area contributed by atoms with Gasteiger partial charge in [-0.2, -0.15) is 0 Å². The third-order valence-corrected chi connectivity index (χ3v) is 1.54. The van der Waals surface area contributed by atoms with Gasteiger partial charge in [0.25, 0.3) is 0 Å². The first-order valence-corrected chi connectivity index (χ1v) is 3.21. The fourth-order valence-corrected chi connectivity index (χ4v) is 0.986. The zero-order valence-corrected chi connectivity index (χ0v) is 5.06. The molecule has 1 aliphatic rings. The van der Waals surface area contributed by atoms with E-state index in [0.717, 1.165) is 6.54 Å². The fraction of sp³-hybridized carbons (Fsp3) is 0.833. The van der Waals surface area contributed by atoms with Gasteiger partial charge in [-0.25, -0.2) is 0 Å². The smallest absolute Gasteiger partial charge is 0.0224 e. The molecule has 1 unspecified atom stereocenters. The molecule has 0 amide bonds. The number of piperidine rings is 1. The molecule has 0 spiro atoms.